The van der Waals surface area contributed by atoms with E-state index in [2.05, 4.69) is 9.98 Å². The zero-order chi connectivity index (χ0) is 13.6. The monoisotopic (exact) mass is 258 g/mol. The van der Waals surface area contributed by atoms with Gasteiger partial charge >= 0.3 is 0 Å². The van der Waals surface area contributed by atoms with Crippen molar-refractivity contribution in [2.24, 2.45) is 4.99 Å². The number of nitrogen functional groups attached to an aromatic ring is 1. The Bertz CT molecular complexity index is 675. The Kier molecular flexibility index (Phi) is 2.38. The van der Waals surface area contributed by atoms with Crippen molar-refractivity contribution in [1.82, 2.24) is 4.98 Å². The number of anilines is 2. The fraction of sp³-hybridized carbons (Fsp3) is 0.154. The van der Waals surface area contributed by atoms with Crippen LogP contribution in [0.3, 0.4) is 0 Å². The second kappa shape index (κ2) is 3.94. The van der Waals surface area contributed by atoms with Crippen LogP contribution in [0.25, 0.3) is 0 Å². The van der Waals surface area contributed by atoms with Crippen molar-refractivity contribution in [3.63, 3.8) is 0 Å². The topological polar surface area (TPSA) is 97.9 Å². The molecule has 0 atom stereocenters. The summed E-state index contributed by atoms with van der Waals surface area (Å²) in [6.45, 7) is 2.41. The minimum atomic E-state index is -0.0802. The van der Waals surface area contributed by atoms with E-state index in [-0.39, 0.29) is 11.8 Å². The summed E-state index contributed by atoms with van der Waals surface area (Å²) in [5.74, 6) is 0.571. The molecular weight excluding hydrogens is 244 g/mol. The van der Waals surface area contributed by atoms with Crippen LogP contribution in [-0.2, 0) is 6.54 Å². The van der Waals surface area contributed by atoms with E-state index in [9.17, 15) is 10.2 Å². The van der Waals surface area contributed by atoms with Gasteiger partial charge in [-0.1, -0.05) is 6.07 Å². The summed E-state index contributed by atoms with van der Waals surface area (Å²) in [6.07, 6.45) is 0. The molecule has 0 aliphatic carbocycles. The lowest BCUT2D eigenvalue weighted by molar-refractivity contribution is 0.425. The van der Waals surface area contributed by atoms with Crippen molar-refractivity contribution in [2.75, 3.05) is 10.6 Å². The van der Waals surface area contributed by atoms with Gasteiger partial charge in [-0.05, 0) is 24.6 Å². The van der Waals surface area contributed by atoms with Gasteiger partial charge in [0.05, 0.1) is 12.2 Å². The van der Waals surface area contributed by atoms with Crippen LogP contribution >= 0.6 is 0 Å². The minimum Gasteiger partial charge on any atom is -0.494 e. The summed E-state index contributed by atoms with van der Waals surface area (Å²) < 4.78 is 0. The zero-order valence-electron chi connectivity index (χ0n) is 10.4. The minimum absolute atomic E-state index is 0.0778. The van der Waals surface area contributed by atoms with Crippen molar-refractivity contribution in [3.8, 4) is 11.8 Å². The third-order valence-corrected chi connectivity index (χ3v) is 3.16. The molecule has 3 rings (SSSR count). The zero-order valence-corrected chi connectivity index (χ0v) is 10.4. The number of nitrogens with zero attached hydrogens (tertiary/aromatic N) is 2. The van der Waals surface area contributed by atoms with Crippen molar-refractivity contribution in [1.29, 1.82) is 0 Å². The molecule has 0 bridgehead atoms. The van der Waals surface area contributed by atoms with Gasteiger partial charge in [0, 0.05) is 11.8 Å². The fourth-order valence-electron chi connectivity index (χ4n) is 2.22. The number of nitrogens with one attached hydrogen (secondary N) is 1. The second-order valence-electron chi connectivity index (χ2n) is 4.52. The Morgan fingerprint density at radius 1 is 1.32 bits per heavy atom. The number of H-pyrrole nitrogens is 1. The van der Waals surface area contributed by atoms with Crippen LogP contribution in [0.1, 0.15) is 12.5 Å². The lowest BCUT2D eigenvalue weighted by Gasteiger charge is -2.28. The molecule has 5 N–H and O–H groups in total. The molecule has 1 aliphatic rings. The van der Waals surface area contributed by atoms with Crippen LogP contribution < -0.4 is 10.6 Å². The van der Waals surface area contributed by atoms with Crippen LogP contribution in [-0.4, -0.2) is 21.0 Å². The molecule has 1 aromatic heterocycles. The van der Waals surface area contributed by atoms with Crippen LogP contribution in [0.15, 0.2) is 29.3 Å². The van der Waals surface area contributed by atoms with E-state index >= 15 is 0 Å². The first-order valence-electron chi connectivity index (χ1n) is 5.87. The highest BCUT2D eigenvalue weighted by atomic mass is 16.3. The van der Waals surface area contributed by atoms with Gasteiger partial charge in [0.25, 0.3) is 0 Å². The maximum absolute atomic E-state index is 9.76. The molecule has 98 valence electrons. The van der Waals surface area contributed by atoms with Crippen LogP contribution in [0.2, 0.25) is 0 Å². The fourth-order valence-corrected chi connectivity index (χ4v) is 2.22. The first kappa shape index (κ1) is 11.5. The molecule has 2 heterocycles. The second-order valence-corrected chi connectivity index (χ2v) is 4.52. The smallest absolute Gasteiger partial charge is 0.215 e. The highest BCUT2D eigenvalue weighted by Crippen LogP contribution is 2.36. The van der Waals surface area contributed by atoms with Crippen LogP contribution in [0.5, 0.6) is 11.8 Å². The SMILES string of the molecule is CC1=Nc2cc(N)ccc2CN1c1cc(O)[nH]c1O. The van der Waals surface area contributed by atoms with E-state index in [1.807, 2.05) is 30.0 Å². The Balaban J connectivity index is 2.04. The third kappa shape index (κ3) is 1.87. The number of nitrogens with two attached hydrogens (primary N) is 1. The molecule has 1 aliphatic heterocycles. The quantitative estimate of drug-likeness (QED) is 0.588. The number of rotatable bonds is 1. The number of hydrogen-bond acceptors (Lipinski definition) is 5. The van der Waals surface area contributed by atoms with Crippen molar-refractivity contribution in [2.45, 2.75) is 13.5 Å². The van der Waals surface area contributed by atoms with E-state index < -0.39 is 0 Å². The van der Waals surface area contributed by atoms with Crippen LogP contribution in [0.4, 0.5) is 17.1 Å². The van der Waals surface area contributed by atoms with E-state index in [4.69, 9.17) is 5.73 Å². The molecule has 2 aromatic rings. The number of hydrogen-bond donors (Lipinski definition) is 4. The Morgan fingerprint density at radius 3 is 2.79 bits per heavy atom. The third-order valence-electron chi connectivity index (χ3n) is 3.16. The highest BCUT2D eigenvalue weighted by Gasteiger charge is 2.22. The maximum Gasteiger partial charge on any atom is 0.215 e. The number of aromatic nitrogens is 1. The Hall–Kier alpha value is -2.63. The molecule has 0 fully saturated rings. The Morgan fingerprint density at radius 2 is 2.11 bits per heavy atom. The largest absolute Gasteiger partial charge is 0.494 e. The van der Waals surface area contributed by atoms with Gasteiger partial charge in [-0.2, -0.15) is 0 Å². The molecule has 1 aromatic carbocycles. The standard InChI is InChI=1S/C13H14N4O2/c1-7-15-10-4-9(14)3-2-8(10)6-17(7)11-5-12(18)16-13(11)19/h2-5,16,18-19H,6,14H2,1H3. The van der Waals surface area contributed by atoms with E-state index in [0.717, 1.165) is 17.1 Å². The van der Waals surface area contributed by atoms with Crippen LogP contribution in [0, 0.1) is 0 Å². The summed E-state index contributed by atoms with van der Waals surface area (Å²) in [6, 6.07) is 7.03. The summed E-state index contributed by atoms with van der Waals surface area (Å²) in [5.41, 5.74) is 8.77. The van der Waals surface area contributed by atoms with Crippen molar-refractivity contribution < 1.29 is 10.2 Å². The molecule has 6 nitrogen and oxygen atoms in total. The molecule has 0 amide bonds. The number of aromatic hydroxyl groups is 2. The van der Waals surface area contributed by atoms with Crippen molar-refractivity contribution in [3.05, 3.63) is 29.8 Å². The van der Waals surface area contributed by atoms with Crippen molar-refractivity contribution >= 4 is 22.9 Å². The van der Waals surface area contributed by atoms with Gasteiger partial charge in [0.15, 0.2) is 5.88 Å². The molecule has 19 heavy (non-hydrogen) atoms. The molecule has 0 radical (unpaired) electrons. The van der Waals surface area contributed by atoms with E-state index in [1.165, 1.54) is 6.07 Å². The summed E-state index contributed by atoms with van der Waals surface area (Å²) in [4.78, 5) is 8.75. The number of benzene rings is 1. The lowest BCUT2D eigenvalue weighted by atomic mass is 10.1. The molecule has 0 spiro atoms. The number of aromatic amines is 1. The summed E-state index contributed by atoms with van der Waals surface area (Å²) in [5, 5.41) is 19.1. The molecule has 6 heteroatoms. The molecule has 0 saturated heterocycles. The normalized spacial score (nSPS) is 14.2. The number of amidine groups is 1. The maximum atomic E-state index is 9.76. The summed E-state index contributed by atoms with van der Waals surface area (Å²) >= 11 is 0. The van der Waals surface area contributed by atoms with Gasteiger partial charge in [0.1, 0.15) is 11.5 Å². The number of aliphatic imine (C=N–C) groups is 1. The van der Waals surface area contributed by atoms with E-state index in [1.54, 1.807) is 0 Å². The first-order valence-corrected chi connectivity index (χ1v) is 5.87. The number of fused-ring (bicyclic) bond motifs is 1. The summed E-state index contributed by atoms with van der Waals surface area (Å²) in [7, 11) is 0. The Labute approximate surface area is 109 Å². The average Bonchev–Trinajstić information content (AvgIpc) is 2.67. The predicted octanol–water partition coefficient (Wildman–Crippen LogP) is 2.08. The molecule has 0 saturated carbocycles. The molecular formula is C13H14N4O2. The van der Waals surface area contributed by atoms with Gasteiger partial charge in [0.2, 0.25) is 5.88 Å². The van der Waals surface area contributed by atoms with Gasteiger partial charge in [-0.3, -0.25) is 4.98 Å². The van der Waals surface area contributed by atoms with Gasteiger partial charge in [-0.25, -0.2) is 4.99 Å². The van der Waals surface area contributed by atoms with Gasteiger partial charge < -0.3 is 20.8 Å². The van der Waals surface area contributed by atoms with Gasteiger partial charge in [-0.15, -0.1) is 0 Å². The highest BCUT2D eigenvalue weighted by molar-refractivity contribution is 6.00. The van der Waals surface area contributed by atoms with E-state index in [0.29, 0.717) is 17.9 Å². The average molecular weight is 258 g/mol. The lowest BCUT2D eigenvalue weighted by Crippen LogP contribution is -2.30. The molecule has 0 unspecified atom stereocenters. The predicted molar refractivity (Wildman–Crippen MR) is 73.9 cm³/mol. The first-order chi connectivity index (χ1) is 9.04.